The smallest absolute Gasteiger partial charge is 0.255 e. The third kappa shape index (κ3) is 2.55. The van der Waals surface area contributed by atoms with Gasteiger partial charge >= 0.3 is 0 Å². The summed E-state index contributed by atoms with van der Waals surface area (Å²) >= 11 is 0. The molecule has 0 radical (unpaired) electrons. The summed E-state index contributed by atoms with van der Waals surface area (Å²) < 4.78 is 0. The minimum absolute atomic E-state index is 0.0190. The summed E-state index contributed by atoms with van der Waals surface area (Å²) in [6.07, 6.45) is 1.99. The van der Waals surface area contributed by atoms with E-state index >= 15 is 0 Å². The van der Waals surface area contributed by atoms with Gasteiger partial charge < -0.3 is 10.2 Å². The maximum atomic E-state index is 12.2. The average Bonchev–Trinajstić information content (AvgIpc) is 2.52. The lowest BCUT2D eigenvalue weighted by atomic mass is 10.0. The molecule has 2 aromatic rings. The van der Waals surface area contributed by atoms with Crippen molar-refractivity contribution in [1.29, 1.82) is 0 Å². The van der Waals surface area contributed by atoms with Crippen molar-refractivity contribution in [2.45, 2.75) is 13.1 Å². The number of hydrogen-bond acceptors (Lipinski definition) is 2. The molecule has 1 aliphatic rings. The second-order valence-electron chi connectivity index (χ2n) is 5.30. The van der Waals surface area contributed by atoms with Crippen molar-refractivity contribution < 1.29 is 4.79 Å². The van der Waals surface area contributed by atoms with Crippen LogP contribution in [-0.2, 0) is 0 Å². The van der Waals surface area contributed by atoms with Crippen molar-refractivity contribution in [3.8, 4) is 0 Å². The van der Waals surface area contributed by atoms with Gasteiger partial charge in [-0.05, 0) is 30.2 Å². The molecule has 0 bridgehead atoms. The average molecular weight is 278 g/mol. The van der Waals surface area contributed by atoms with Crippen molar-refractivity contribution in [3.63, 3.8) is 0 Å². The molecule has 1 amide bonds. The Morgan fingerprint density at radius 3 is 2.52 bits per heavy atom. The number of carbonyl (C=O) groups is 1. The van der Waals surface area contributed by atoms with Crippen LogP contribution in [0.4, 0.5) is 5.69 Å². The van der Waals surface area contributed by atoms with E-state index in [0.29, 0.717) is 0 Å². The zero-order chi connectivity index (χ0) is 14.8. The van der Waals surface area contributed by atoms with Crippen molar-refractivity contribution in [3.05, 3.63) is 71.3 Å². The first-order chi connectivity index (χ1) is 10.2. The van der Waals surface area contributed by atoms with Crippen LogP contribution in [0.5, 0.6) is 0 Å². The lowest BCUT2D eigenvalue weighted by Gasteiger charge is -2.36. The van der Waals surface area contributed by atoms with E-state index in [1.54, 1.807) is 0 Å². The van der Waals surface area contributed by atoms with Gasteiger partial charge in [0.1, 0.15) is 6.17 Å². The standard InChI is InChI=1S/C18H18N2O/c1-13(12-14-8-4-3-5-9-14)17-19-18(21)15-10-6-7-11-16(15)20(17)2/h3-12,17H,1-2H3,(H,19,21)/b13-12+. The number of benzene rings is 2. The number of nitrogens with zero attached hydrogens (tertiary/aromatic N) is 1. The number of likely N-dealkylation sites (N-methyl/N-ethyl adjacent to an activating group) is 1. The second-order valence-corrected chi connectivity index (χ2v) is 5.30. The third-order valence-electron chi connectivity index (χ3n) is 3.81. The summed E-state index contributed by atoms with van der Waals surface area (Å²) in [6, 6.07) is 17.8. The lowest BCUT2D eigenvalue weighted by Crippen LogP contribution is -2.51. The van der Waals surface area contributed by atoms with Gasteiger partial charge in [0.15, 0.2) is 0 Å². The maximum Gasteiger partial charge on any atom is 0.255 e. The molecule has 0 fully saturated rings. The van der Waals surface area contributed by atoms with Crippen LogP contribution in [0.3, 0.4) is 0 Å². The highest BCUT2D eigenvalue weighted by Crippen LogP contribution is 2.27. The third-order valence-corrected chi connectivity index (χ3v) is 3.81. The zero-order valence-electron chi connectivity index (χ0n) is 12.2. The van der Waals surface area contributed by atoms with Crippen LogP contribution in [0.1, 0.15) is 22.8 Å². The molecule has 1 N–H and O–H groups in total. The van der Waals surface area contributed by atoms with Gasteiger partial charge in [-0.3, -0.25) is 4.79 Å². The first-order valence-electron chi connectivity index (χ1n) is 7.03. The lowest BCUT2D eigenvalue weighted by molar-refractivity contribution is 0.0935. The normalized spacial score (nSPS) is 18.2. The van der Waals surface area contributed by atoms with Gasteiger partial charge in [0.2, 0.25) is 0 Å². The highest BCUT2D eigenvalue weighted by Gasteiger charge is 2.28. The second kappa shape index (κ2) is 5.44. The van der Waals surface area contributed by atoms with E-state index < -0.39 is 0 Å². The molecule has 1 aliphatic heterocycles. The van der Waals surface area contributed by atoms with Crippen molar-refractivity contribution in [2.75, 3.05) is 11.9 Å². The Morgan fingerprint density at radius 2 is 1.76 bits per heavy atom. The summed E-state index contributed by atoms with van der Waals surface area (Å²) in [7, 11) is 2.01. The number of rotatable bonds is 2. The largest absolute Gasteiger partial charge is 0.350 e. The number of fused-ring (bicyclic) bond motifs is 1. The molecule has 1 heterocycles. The van der Waals surface area contributed by atoms with Crippen LogP contribution < -0.4 is 10.2 Å². The Bertz CT molecular complexity index is 691. The highest BCUT2D eigenvalue weighted by atomic mass is 16.2. The fraction of sp³-hybridized carbons (Fsp3) is 0.167. The molecule has 3 heteroatoms. The first kappa shape index (κ1) is 13.4. The summed E-state index contributed by atoms with van der Waals surface area (Å²) in [4.78, 5) is 14.3. The Balaban J connectivity index is 1.94. The molecule has 0 aliphatic carbocycles. The SMILES string of the molecule is C/C(=C\c1ccccc1)C1NC(=O)c2ccccc2N1C. The number of anilines is 1. The predicted molar refractivity (Wildman–Crippen MR) is 86.2 cm³/mol. The number of amides is 1. The Kier molecular flexibility index (Phi) is 3.48. The van der Waals surface area contributed by atoms with Crippen molar-refractivity contribution in [1.82, 2.24) is 5.32 Å². The number of hydrogen-bond donors (Lipinski definition) is 1. The van der Waals surface area contributed by atoms with Gasteiger partial charge in [-0.25, -0.2) is 0 Å². The van der Waals surface area contributed by atoms with Crippen molar-refractivity contribution >= 4 is 17.7 Å². The maximum absolute atomic E-state index is 12.2. The Morgan fingerprint density at radius 1 is 1.10 bits per heavy atom. The molecule has 0 aromatic heterocycles. The molecule has 2 aromatic carbocycles. The topological polar surface area (TPSA) is 32.3 Å². The van der Waals surface area contributed by atoms with E-state index in [0.717, 1.165) is 22.4 Å². The van der Waals surface area contributed by atoms with Gasteiger partial charge in [0, 0.05) is 7.05 Å². The van der Waals surface area contributed by atoms with Crippen LogP contribution in [0, 0.1) is 0 Å². The molecular weight excluding hydrogens is 260 g/mol. The van der Waals surface area contributed by atoms with Gasteiger partial charge in [-0.15, -0.1) is 0 Å². The van der Waals surface area contributed by atoms with Gasteiger partial charge in [-0.1, -0.05) is 48.5 Å². The van der Waals surface area contributed by atoms with Crippen LogP contribution in [0.25, 0.3) is 6.08 Å². The van der Waals surface area contributed by atoms with E-state index in [-0.39, 0.29) is 12.1 Å². The molecular formula is C18H18N2O. The highest BCUT2D eigenvalue weighted by molar-refractivity contribution is 6.02. The van der Waals surface area contributed by atoms with Crippen LogP contribution in [-0.4, -0.2) is 19.1 Å². The van der Waals surface area contributed by atoms with E-state index in [1.807, 2.05) is 56.4 Å². The molecule has 1 atom stereocenters. The fourth-order valence-corrected chi connectivity index (χ4v) is 2.72. The molecule has 0 saturated carbocycles. The number of nitrogens with one attached hydrogen (secondary N) is 1. The van der Waals surface area contributed by atoms with E-state index in [9.17, 15) is 4.79 Å². The predicted octanol–water partition coefficient (Wildman–Crippen LogP) is 3.30. The minimum Gasteiger partial charge on any atom is -0.350 e. The van der Waals surface area contributed by atoms with Gasteiger partial charge in [0.25, 0.3) is 5.91 Å². The molecule has 3 rings (SSSR count). The van der Waals surface area contributed by atoms with E-state index in [4.69, 9.17) is 0 Å². The minimum atomic E-state index is -0.118. The molecule has 1 unspecified atom stereocenters. The molecule has 21 heavy (non-hydrogen) atoms. The summed E-state index contributed by atoms with van der Waals surface area (Å²) in [5.41, 5.74) is 3.93. The Hall–Kier alpha value is -2.55. The quantitative estimate of drug-likeness (QED) is 0.914. The number of para-hydroxylation sites is 1. The summed E-state index contributed by atoms with van der Waals surface area (Å²) in [5, 5.41) is 3.06. The first-order valence-corrected chi connectivity index (χ1v) is 7.03. The fourth-order valence-electron chi connectivity index (χ4n) is 2.72. The van der Waals surface area contributed by atoms with E-state index in [2.05, 4.69) is 28.4 Å². The van der Waals surface area contributed by atoms with Crippen LogP contribution >= 0.6 is 0 Å². The van der Waals surface area contributed by atoms with Crippen LogP contribution in [0.2, 0.25) is 0 Å². The molecule has 0 spiro atoms. The van der Waals surface area contributed by atoms with Gasteiger partial charge in [0.05, 0.1) is 11.3 Å². The summed E-state index contributed by atoms with van der Waals surface area (Å²) in [5.74, 6) is -0.0190. The van der Waals surface area contributed by atoms with Crippen molar-refractivity contribution in [2.24, 2.45) is 0 Å². The monoisotopic (exact) mass is 278 g/mol. The van der Waals surface area contributed by atoms with Gasteiger partial charge in [-0.2, -0.15) is 0 Å². The number of carbonyl (C=O) groups excluding carboxylic acids is 1. The van der Waals surface area contributed by atoms with E-state index in [1.165, 1.54) is 0 Å². The molecule has 106 valence electrons. The molecule has 3 nitrogen and oxygen atoms in total. The Labute approximate surface area is 124 Å². The molecule has 0 saturated heterocycles. The zero-order valence-corrected chi connectivity index (χ0v) is 12.2. The van der Waals surface area contributed by atoms with Crippen LogP contribution in [0.15, 0.2) is 60.2 Å². The summed E-state index contributed by atoms with van der Waals surface area (Å²) in [6.45, 7) is 2.04.